The summed E-state index contributed by atoms with van der Waals surface area (Å²) in [5, 5.41) is 15.3. The Bertz CT molecular complexity index is 1020. The predicted octanol–water partition coefficient (Wildman–Crippen LogP) is 5.51. The molecule has 2 aliphatic rings. The van der Waals surface area contributed by atoms with Crippen molar-refractivity contribution in [3.8, 4) is 0 Å². The van der Waals surface area contributed by atoms with E-state index < -0.39 is 10.9 Å². The number of methoxy groups -OCH3 is 1. The van der Waals surface area contributed by atoms with E-state index in [-0.39, 0.29) is 28.6 Å². The molecule has 4 rings (SSSR count). The number of carbonyl (C=O) groups is 1. The topological polar surface area (TPSA) is 81.5 Å². The predicted molar refractivity (Wildman–Crippen MR) is 107 cm³/mol. The molecule has 2 aromatic carbocycles. The van der Waals surface area contributed by atoms with E-state index in [1.807, 2.05) is 0 Å². The van der Waals surface area contributed by atoms with E-state index in [2.05, 4.69) is 17.5 Å². The minimum Gasteiger partial charge on any atom is -0.465 e. The van der Waals surface area contributed by atoms with Crippen molar-refractivity contribution in [3.05, 3.63) is 79.3 Å². The zero-order chi connectivity index (χ0) is 20.0. The minimum absolute atomic E-state index is 0.0521. The summed E-state index contributed by atoms with van der Waals surface area (Å²) in [6.45, 7) is 0. The lowest BCUT2D eigenvalue weighted by Gasteiger charge is -2.38. The molecule has 0 unspecified atom stereocenters. The second-order valence-corrected chi connectivity index (χ2v) is 7.63. The van der Waals surface area contributed by atoms with Crippen LogP contribution in [0.1, 0.15) is 39.9 Å². The number of nitro benzene ring substituents is 1. The lowest BCUT2D eigenvalue weighted by atomic mass is 9.75. The first-order valence-corrected chi connectivity index (χ1v) is 9.45. The number of halogens is 2. The lowest BCUT2D eigenvalue weighted by molar-refractivity contribution is -0.384. The van der Waals surface area contributed by atoms with Gasteiger partial charge in [0.1, 0.15) is 5.02 Å². The highest BCUT2D eigenvalue weighted by Crippen LogP contribution is 2.53. The van der Waals surface area contributed by atoms with Gasteiger partial charge in [-0.1, -0.05) is 41.4 Å². The fraction of sp³-hybridized carbons (Fsp3) is 0.250. The Balaban J connectivity index is 1.85. The minimum atomic E-state index is -0.491. The molecule has 6 nitrogen and oxygen atoms in total. The van der Waals surface area contributed by atoms with Crippen LogP contribution in [0.4, 0.5) is 11.4 Å². The Morgan fingerprint density at radius 2 is 2.00 bits per heavy atom. The summed E-state index contributed by atoms with van der Waals surface area (Å²) >= 11 is 12.4. The molecular weight excluding hydrogens is 403 g/mol. The second kappa shape index (κ2) is 7.11. The fourth-order valence-electron chi connectivity index (χ4n) is 4.16. The van der Waals surface area contributed by atoms with Crippen molar-refractivity contribution in [1.29, 1.82) is 0 Å². The van der Waals surface area contributed by atoms with Gasteiger partial charge in [0.25, 0.3) is 5.69 Å². The zero-order valence-corrected chi connectivity index (χ0v) is 16.3. The molecular formula is C20H16Cl2N2O4. The molecule has 3 atom stereocenters. The normalized spacial score (nSPS) is 22.2. The number of carbonyl (C=O) groups excluding carboxylic acids is 1. The molecule has 0 spiro atoms. The van der Waals surface area contributed by atoms with E-state index in [4.69, 9.17) is 27.9 Å². The highest BCUT2D eigenvalue weighted by Gasteiger charge is 2.41. The highest BCUT2D eigenvalue weighted by atomic mass is 35.5. The number of fused-ring (bicyclic) bond motifs is 3. The fourth-order valence-corrected chi connectivity index (χ4v) is 4.56. The van der Waals surface area contributed by atoms with Crippen molar-refractivity contribution in [2.75, 3.05) is 12.4 Å². The van der Waals surface area contributed by atoms with Gasteiger partial charge in [0.05, 0.1) is 34.3 Å². The smallest absolute Gasteiger partial charge is 0.338 e. The molecule has 0 radical (unpaired) electrons. The van der Waals surface area contributed by atoms with Crippen LogP contribution in [0.3, 0.4) is 0 Å². The number of rotatable bonds is 3. The number of ether oxygens (including phenoxy) is 1. The summed E-state index contributed by atoms with van der Waals surface area (Å²) in [5.41, 5.74) is 2.54. The van der Waals surface area contributed by atoms with E-state index in [9.17, 15) is 14.9 Å². The van der Waals surface area contributed by atoms with E-state index in [0.29, 0.717) is 16.3 Å². The van der Waals surface area contributed by atoms with Gasteiger partial charge in [-0.25, -0.2) is 4.79 Å². The van der Waals surface area contributed by atoms with Crippen LogP contribution in [0.2, 0.25) is 10.0 Å². The van der Waals surface area contributed by atoms with Gasteiger partial charge in [-0.2, -0.15) is 0 Å². The summed E-state index contributed by atoms with van der Waals surface area (Å²) in [5.74, 6) is -0.395. The number of nitrogens with zero attached hydrogens (tertiary/aromatic N) is 1. The molecule has 1 heterocycles. The first-order chi connectivity index (χ1) is 13.4. The van der Waals surface area contributed by atoms with Crippen molar-refractivity contribution < 1.29 is 14.5 Å². The van der Waals surface area contributed by atoms with Crippen LogP contribution in [0.5, 0.6) is 0 Å². The molecule has 0 saturated heterocycles. The van der Waals surface area contributed by atoms with Crippen molar-refractivity contribution in [2.45, 2.75) is 18.4 Å². The Labute approximate surface area is 171 Å². The van der Waals surface area contributed by atoms with Gasteiger partial charge in [-0.15, -0.1) is 0 Å². The van der Waals surface area contributed by atoms with Crippen molar-refractivity contribution in [3.63, 3.8) is 0 Å². The van der Waals surface area contributed by atoms with Gasteiger partial charge in [-0.05, 0) is 41.7 Å². The van der Waals surface area contributed by atoms with Crippen molar-refractivity contribution in [1.82, 2.24) is 0 Å². The summed E-state index contributed by atoms with van der Waals surface area (Å²) < 4.78 is 4.93. The van der Waals surface area contributed by atoms with Crippen LogP contribution >= 0.6 is 23.2 Å². The first kappa shape index (κ1) is 18.8. The summed E-state index contributed by atoms with van der Waals surface area (Å²) in [6.07, 6.45) is 4.89. The van der Waals surface area contributed by atoms with Gasteiger partial charge in [0, 0.05) is 12.0 Å². The number of nitrogens with one attached hydrogen (secondary N) is 1. The van der Waals surface area contributed by atoms with Crippen molar-refractivity contribution in [2.24, 2.45) is 5.92 Å². The molecule has 144 valence electrons. The molecule has 1 aliphatic carbocycles. The Hall–Kier alpha value is -2.57. The molecule has 0 bridgehead atoms. The number of benzene rings is 2. The quantitative estimate of drug-likeness (QED) is 0.307. The van der Waals surface area contributed by atoms with Gasteiger partial charge in [0.15, 0.2) is 0 Å². The number of allylic oxidation sites excluding steroid dienone is 2. The van der Waals surface area contributed by atoms with Crippen LogP contribution < -0.4 is 5.32 Å². The van der Waals surface area contributed by atoms with Crippen LogP contribution in [0, 0.1) is 16.0 Å². The lowest BCUT2D eigenvalue weighted by Crippen LogP contribution is -2.30. The van der Waals surface area contributed by atoms with Gasteiger partial charge >= 0.3 is 5.97 Å². The number of hydrogen-bond donors (Lipinski definition) is 1. The van der Waals surface area contributed by atoms with E-state index >= 15 is 0 Å². The molecule has 2 aromatic rings. The maximum absolute atomic E-state index is 12.3. The summed E-state index contributed by atoms with van der Waals surface area (Å²) in [6, 6.07) is 7.93. The standard InChI is InChI=1S/C20H16Cl2N2O4/c1-28-20(25)13-6-8-15(22)19-17(13)11-3-2-4-12(11)18(23-19)10-5-7-14(21)16(9-10)24(26)27/h2-3,5-9,11-12,18,23H,4H2,1H3/t11-,12-,18+/m1/s1. The number of hydrogen-bond acceptors (Lipinski definition) is 5. The van der Waals surface area contributed by atoms with Gasteiger partial charge in [0.2, 0.25) is 0 Å². The van der Waals surface area contributed by atoms with E-state index in [1.165, 1.54) is 19.2 Å². The van der Waals surface area contributed by atoms with Crippen LogP contribution in [0.15, 0.2) is 42.5 Å². The third-order valence-electron chi connectivity index (χ3n) is 5.40. The Morgan fingerprint density at radius 1 is 1.25 bits per heavy atom. The Kier molecular flexibility index (Phi) is 4.77. The van der Waals surface area contributed by atoms with Crippen LogP contribution in [-0.4, -0.2) is 18.0 Å². The van der Waals surface area contributed by atoms with E-state index in [1.54, 1.807) is 18.2 Å². The second-order valence-electron chi connectivity index (χ2n) is 6.82. The third kappa shape index (κ3) is 2.93. The SMILES string of the molecule is COC(=O)c1ccc(Cl)c2c1[C@@H]1C=CC[C@H]1[C@H](c1ccc(Cl)c([N+](=O)[O-])c1)N2. The molecule has 0 amide bonds. The average Bonchev–Trinajstić information content (AvgIpc) is 3.17. The maximum Gasteiger partial charge on any atom is 0.338 e. The molecule has 0 saturated carbocycles. The average molecular weight is 419 g/mol. The Morgan fingerprint density at radius 3 is 2.71 bits per heavy atom. The molecule has 28 heavy (non-hydrogen) atoms. The number of nitro groups is 1. The summed E-state index contributed by atoms with van der Waals surface area (Å²) in [4.78, 5) is 23.1. The highest BCUT2D eigenvalue weighted by molar-refractivity contribution is 6.33. The molecule has 1 N–H and O–H groups in total. The number of anilines is 1. The monoisotopic (exact) mass is 418 g/mol. The molecule has 8 heteroatoms. The summed E-state index contributed by atoms with van der Waals surface area (Å²) in [7, 11) is 1.34. The molecule has 0 fully saturated rings. The molecule has 0 aromatic heterocycles. The van der Waals surface area contributed by atoms with Crippen LogP contribution in [0.25, 0.3) is 0 Å². The van der Waals surface area contributed by atoms with Gasteiger partial charge in [-0.3, -0.25) is 10.1 Å². The largest absolute Gasteiger partial charge is 0.465 e. The van der Waals surface area contributed by atoms with E-state index in [0.717, 1.165) is 17.5 Å². The maximum atomic E-state index is 12.3. The first-order valence-electron chi connectivity index (χ1n) is 8.70. The van der Waals surface area contributed by atoms with Gasteiger partial charge < -0.3 is 10.1 Å². The molecule has 1 aliphatic heterocycles. The zero-order valence-electron chi connectivity index (χ0n) is 14.8. The van der Waals surface area contributed by atoms with Crippen molar-refractivity contribution >= 4 is 40.5 Å². The number of esters is 1. The van der Waals surface area contributed by atoms with Crippen LogP contribution in [-0.2, 0) is 4.74 Å². The third-order valence-corrected chi connectivity index (χ3v) is 6.03.